The molecule has 1 saturated heterocycles. The molecule has 2 aromatic heterocycles. The van der Waals surface area contributed by atoms with Gasteiger partial charge in [0.25, 0.3) is 5.91 Å². The maximum absolute atomic E-state index is 12.8. The number of aromatic nitrogens is 2. The number of rotatable bonds is 5. The maximum atomic E-state index is 12.8. The number of benzene rings is 1. The van der Waals surface area contributed by atoms with Crippen LogP contribution < -0.4 is 16.6 Å². The average molecular weight is 449 g/mol. The molecule has 3 heterocycles. The van der Waals surface area contributed by atoms with Crippen molar-refractivity contribution in [3.8, 4) is 11.1 Å². The zero-order valence-corrected chi connectivity index (χ0v) is 18.2. The number of nitrogens with two attached hydrogens (primary N) is 1. The molecule has 0 spiro atoms. The molecule has 4 N–H and O–H groups in total. The smallest absolute Gasteiger partial charge is 0.321 e. The number of carbonyl (C=O) groups is 2. The van der Waals surface area contributed by atoms with E-state index in [4.69, 9.17) is 5.84 Å². The van der Waals surface area contributed by atoms with Crippen LogP contribution in [0.15, 0.2) is 67.1 Å². The number of hydrogen-bond acceptors (Lipinski definition) is 6. The van der Waals surface area contributed by atoms with Crippen LogP contribution in [0.3, 0.4) is 0 Å². The molecule has 164 valence electrons. The summed E-state index contributed by atoms with van der Waals surface area (Å²) in [6.45, 7) is 1.34. The highest BCUT2D eigenvalue weighted by molar-refractivity contribution is 8.00. The Hall–Kier alpha value is -3.43. The highest BCUT2D eigenvalue weighted by Gasteiger charge is 2.25. The summed E-state index contributed by atoms with van der Waals surface area (Å²) in [7, 11) is 0. The largest absolute Gasteiger partial charge is 0.323 e. The minimum Gasteiger partial charge on any atom is -0.323 e. The van der Waals surface area contributed by atoms with E-state index in [9.17, 15) is 9.59 Å². The van der Waals surface area contributed by atoms with E-state index < -0.39 is 0 Å². The van der Waals surface area contributed by atoms with Crippen LogP contribution in [-0.4, -0.2) is 50.9 Å². The van der Waals surface area contributed by atoms with E-state index in [-0.39, 0.29) is 17.2 Å². The molecule has 3 amide bonds. The Morgan fingerprint density at radius 2 is 1.81 bits per heavy atom. The molecule has 1 fully saturated rings. The molecule has 1 atom stereocenters. The van der Waals surface area contributed by atoms with Crippen LogP contribution in [0.2, 0.25) is 0 Å². The van der Waals surface area contributed by atoms with Gasteiger partial charge in [-0.25, -0.2) is 10.6 Å². The van der Waals surface area contributed by atoms with Crippen LogP contribution in [0.25, 0.3) is 11.1 Å². The molecule has 0 saturated carbocycles. The van der Waals surface area contributed by atoms with E-state index in [1.165, 1.54) is 6.20 Å². The average Bonchev–Trinajstić information content (AvgIpc) is 2.85. The van der Waals surface area contributed by atoms with E-state index in [0.717, 1.165) is 34.7 Å². The van der Waals surface area contributed by atoms with Gasteiger partial charge in [-0.15, -0.1) is 0 Å². The molecule has 1 aliphatic heterocycles. The van der Waals surface area contributed by atoms with Gasteiger partial charge in [-0.1, -0.05) is 12.1 Å². The number of nitrogens with one attached hydrogen (secondary N) is 2. The summed E-state index contributed by atoms with van der Waals surface area (Å²) in [5, 5.41) is 3.24. The molecule has 32 heavy (non-hydrogen) atoms. The summed E-state index contributed by atoms with van der Waals surface area (Å²) in [5.41, 5.74) is 6.31. The van der Waals surface area contributed by atoms with Crippen molar-refractivity contribution in [3.63, 3.8) is 0 Å². The molecule has 9 heteroatoms. The molecule has 3 aromatic rings. The number of hydrazine groups is 1. The molecule has 0 radical (unpaired) electrons. The summed E-state index contributed by atoms with van der Waals surface area (Å²) in [6.07, 6.45) is 5.76. The SMILES string of the molecule is NNC(=O)c1ccc(CC2CN(C(=O)Nc3ccc(-c4ccncc4)cc3)CCS2)nc1. The minimum atomic E-state index is -0.368. The molecule has 1 aromatic carbocycles. The fourth-order valence-electron chi connectivity index (χ4n) is 3.52. The first-order valence-corrected chi connectivity index (χ1v) is 11.3. The molecule has 1 unspecified atom stereocenters. The third-order valence-corrected chi connectivity index (χ3v) is 6.44. The lowest BCUT2D eigenvalue weighted by atomic mass is 10.1. The highest BCUT2D eigenvalue weighted by atomic mass is 32.2. The molecule has 0 aliphatic carbocycles. The minimum absolute atomic E-state index is 0.102. The van der Waals surface area contributed by atoms with Gasteiger partial charge in [0.1, 0.15) is 0 Å². The fourth-order valence-corrected chi connectivity index (χ4v) is 4.75. The van der Waals surface area contributed by atoms with E-state index in [1.807, 2.05) is 59.1 Å². The molecular formula is C23H24N6O2S. The van der Waals surface area contributed by atoms with E-state index >= 15 is 0 Å². The van der Waals surface area contributed by atoms with Gasteiger partial charge in [0.15, 0.2) is 0 Å². The summed E-state index contributed by atoms with van der Waals surface area (Å²) in [4.78, 5) is 34.6. The summed E-state index contributed by atoms with van der Waals surface area (Å²) in [5.74, 6) is 5.65. The molecular weight excluding hydrogens is 424 g/mol. The first-order valence-electron chi connectivity index (χ1n) is 10.3. The number of urea groups is 1. The van der Waals surface area contributed by atoms with Crippen molar-refractivity contribution in [2.75, 3.05) is 24.2 Å². The number of nitrogen functional groups attached to an aromatic ring is 1. The quantitative estimate of drug-likeness (QED) is 0.314. The predicted octanol–water partition coefficient (Wildman–Crippen LogP) is 2.94. The number of pyridine rings is 2. The number of amides is 3. The summed E-state index contributed by atoms with van der Waals surface area (Å²) in [6, 6.07) is 15.1. The molecule has 1 aliphatic rings. The Bertz CT molecular complexity index is 1060. The first kappa shape index (κ1) is 21.8. The van der Waals surface area contributed by atoms with E-state index in [1.54, 1.807) is 18.5 Å². The Morgan fingerprint density at radius 3 is 2.50 bits per heavy atom. The molecule has 0 bridgehead atoms. The van der Waals surface area contributed by atoms with Gasteiger partial charge in [0.2, 0.25) is 0 Å². The lowest BCUT2D eigenvalue weighted by Gasteiger charge is -2.32. The third kappa shape index (κ3) is 5.43. The second-order valence-corrected chi connectivity index (χ2v) is 8.81. The van der Waals surface area contributed by atoms with Gasteiger partial charge in [-0.05, 0) is 47.5 Å². The zero-order valence-electron chi connectivity index (χ0n) is 17.4. The summed E-state index contributed by atoms with van der Waals surface area (Å²) < 4.78 is 0. The number of carbonyl (C=O) groups excluding carboxylic acids is 2. The molecule has 4 rings (SSSR count). The van der Waals surface area contributed by atoms with Crippen molar-refractivity contribution in [2.45, 2.75) is 11.7 Å². The van der Waals surface area contributed by atoms with Gasteiger partial charge >= 0.3 is 6.03 Å². The maximum Gasteiger partial charge on any atom is 0.321 e. The Morgan fingerprint density at radius 1 is 1.06 bits per heavy atom. The van der Waals surface area contributed by atoms with Crippen molar-refractivity contribution in [1.82, 2.24) is 20.3 Å². The lowest BCUT2D eigenvalue weighted by Crippen LogP contribution is -2.44. The Labute approximate surface area is 190 Å². The van der Waals surface area contributed by atoms with Gasteiger partial charge in [0, 0.05) is 60.5 Å². The van der Waals surface area contributed by atoms with Gasteiger partial charge < -0.3 is 10.2 Å². The van der Waals surface area contributed by atoms with Crippen LogP contribution in [0.1, 0.15) is 16.1 Å². The monoisotopic (exact) mass is 448 g/mol. The second-order valence-electron chi connectivity index (χ2n) is 7.40. The standard InChI is InChI=1S/C23H24N6O2S/c24-28-22(30)18-3-6-20(26-14-18)13-21-15-29(11-12-32-21)23(31)27-19-4-1-16(2-5-19)17-7-9-25-10-8-17/h1-10,14,21H,11-13,15,24H2,(H,27,31)(H,28,30). The van der Waals surface area contributed by atoms with Crippen molar-refractivity contribution in [1.29, 1.82) is 0 Å². The Kier molecular flexibility index (Phi) is 6.98. The van der Waals surface area contributed by atoms with Crippen molar-refractivity contribution in [2.24, 2.45) is 5.84 Å². The molecule has 8 nitrogen and oxygen atoms in total. The van der Waals surface area contributed by atoms with Gasteiger partial charge in [0.05, 0.1) is 5.56 Å². The van der Waals surface area contributed by atoms with Crippen molar-refractivity contribution in [3.05, 3.63) is 78.4 Å². The second kappa shape index (κ2) is 10.3. The first-order chi connectivity index (χ1) is 15.6. The number of hydrogen-bond donors (Lipinski definition) is 3. The van der Waals surface area contributed by atoms with Crippen LogP contribution in [-0.2, 0) is 6.42 Å². The number of nitrogens with zero attached hydrogens (tertiary/aromatic N) is 3. The van der Waals surface area contributed by atoms with Crippen molar-refractivity contribution < 1.29 is 9.59 Å². The van der Waals surface area contributed by atoms with Crippen molar-refractivity contribution >= 4 is 29.4 Å². The van der Waals surface area contributed by atoms with E-state index in [2.05, 4.69) is 20.7 Å². The fraction of sp³-hybridized carbons (Fsp3) is 0.217. The van der Waals surface area contributed by atoms with Crippen LogP contribution in [0.5, 0.6) is 0 Å². The normalized spacial score (nSPS) is 15.8. The van der Waals surface area contributed by atoms with Crippen LogP contribution in [0.4, 0.5) is 10.5 Å². The highest BCUT2D eigenvalue weighted by Crippen LogP contribution is 2.24. The lowest BCUT2D eigenvalue weighted by molar-refractivity contribution is 0.0953. The predicted molar refractivity (Wildman–Crippen MR) is 126 cm³/mol. The third-order valence-electron chi connectivity index (χ3n) is 5.23. The summed E-state index contributed by atoms with van der Waals surface area (Å²) >= 11 is 1.83. The van der Waals surface area contributed by atoms with Gasteiger partial charge in [-0.3, -0.25) is 20.2 Å². The van der Waals surface area contributed by atoms with Gasteiger partial charge in [-0.2, -0.15) is 11.8 Å². The van der Waals surface area contributed by atoms with Crippen LogP contribution >= 0.6 is 11.8 Å². The number of thioether (sulfide) groups is 1. The van der Waals surface area contributed by atoms with E-state index in [0.29, 0.717) is 18.7 Å². The topological polar surface area (TPSA) is 113 Å². The van der Waals surface area contributed by atoms with Crippen LogP contribution in [0, 0.1) is 0 Å². The Balaban J connectivity index is 1.33. The zero-order chi connectivity index (χ0) is 22.3. The number of anilines is 1.